The lowest BCUT2D eigenvalue weighted by Gasteiger charge is -2.33. The molecule has 2 rings (SSSR count). The first kappa shape index (κ1) is 15.3. The molecule has 1 saturated carbocycles. The normalized spacial score (nSPS) is 18.7. The van der Waals surface area contributed by atoms with Crippen LogP contribution in [0.1, 0.15) is 39.0 Å². The van der Waals surface area contributed by atoms with Crippen molar-refractivity contribution in [2.75, 3.05) is 18.9 Å². The number of aromatic nitrogens is 1. The summed E-state index contributed by atoms with van der Waals surface area (Å²) in [6.45, 7) is 2.64. The summed E-state index contributed by atoms with van der Waals surface area (Å²) in [5, 5.41) is 2.94. The van der Waals surface area contributed by atoms with Gasteiger partial charge in [0.05, 0.1) is 5.69 Å². The maximum atomic E-state index is 12.4. The largest absolute Gasteiger partial charge is 0.386 e. The summed E-state index contributed by atoms with van der Waals surface area (Å²) >= 11 is 0. The van der Waals surface area contributed by atoms with Crippen molar-refractivity contribution in [1.29, 1.82) is 0 Å². The van der Waals surface area contributed by atoms with E-state index in [2.05, 4.69) is 21.9 Å². The lowest BCUT2D eigenvalue weighted by Crippen LogP contribution is -2.37. The zero-order valence-corrected chi connectivity index (χ0v) is 13.0. The highest BCUT2D eigenvalue weighted by atomic mass is 32.2. The lowest BCUT2D eigenvalue weighted by molar-refractivity contribution is 0.219. The molecule has 0 aromatic carbocycles. The monoisotopic (exact) mass is 297 g/mol. The van der Waals surface area contributed by atoms with Gasteiger partial charge in [0.25, 0.3) is 10.0 Å². The molecule has 0 radical (unpaired) electrons. The molecular weight excluding hydrogens is 274 g/mol. The Bertz CT molecular complexity index is 551. The SMILES string of the molecule is CNc1cccnc1S(=O)(=O)NCC1(C)CCCCC1. The Balaban J connectivity index is 2.11. The number of nitrogens with zero attached hydrogens (tertiary/aromatic N) is 1. The molecule has 1 aliphatic carbocycles. The van der Waals surface area contributed by atoms with Crippen molar-refractivity contribution in [3.05, 3.63) is 18.3 Å². The molecule has 1 fully saturated rings. The van der Waals surface area contributed by atoms with Crippen LogP contribution in [0.5, 0.6) is 0 Å². The molecule has 0 unspecified atom stereocenters. The first-order valence-corrected chi connectivity index (χ1v) is 8.58. The molecule has 1 aromatic heterocycles. The van der Waals surface area contributed by atoms with Crippen molar-refractivity contribution < 1.29 is 8.42 Å². The van der Waals surface area contributed by atoms with Crippen LogP contribution in [0.3, 0.4) is 0 Å². The van der Waals surface area contributed by atoms with E-state index in [-0.39, 0.29) is 10.4 Å². The van der Waals surface area contributed by atoms with Crippen molar-refractivity contribution in [2.24, 2.45) is 5.41 Å². The van der Waals surface area contributed by atoms with Gasteiger partial charge in [-0.05, 0) is 30.4 Å². The third-order valence-electron chi connectivity index (χ3n) is 4.04. The minimum absolute atomic E-state index is 0.0694. The van der Waals surface area contributed by atoms with E-state index in [0.29, 0.717) is 12.2 Å². The highest BCUT2D eigenvalue weighted by Crippen LogP contribution is 2.35. The second-order valence-electron chi connectivity index (χ2n) is 5.80. The van der Waals surface area contributed by atoms with Gasteiger partial charge in [-0.2, -0.15) is 0 Å². The van der Waals surface area contributed by atoms with Crippen LogP contribution in [0.2, 0.25) is 0 Å². The van der Waals surface area contributed by atoms with E-state index in [0.717, 1.165) is 12.8 Å². The van der Waals surface area contributed by atoms with E-state index in [1.54, 1.807) is 19.2 Å². The van der Waals surface area contributed by atoms with Crippen LogP contribution in [0.15, 0.2) is 23.4 Å². The summed E-state index contributed by atoms with van der Waals surface area (Å²) in [7, 11) is -1.87. The van der Waals surface area contributed by atoms with Crippen LogP contribution < -0.4 is 10.0 Å². The second-order valence-corrected chi connectivity index (χ2v) is 7.48. The first-order chi connectivity index (χ1) is 9.47. The lowest BCUT2D eigenvalue weighted by atomic mass is 9.76. The van der Waals surface area contributed by atoms with Gasteiger partial charge in [-0.3, -0.25) is 0 Å². The van der Waals surface area contributed by atoms with Gasteiger partial charge in [0.1, 0.15) is 0 Å². The van der Waals surface area contributed by atoms with Gasteiger partial charge < -0.3 is 5.32 Å². The third kappa shape index (κ3) is 3.49. The highest BCUT2D eigenvalue weighted by Gasteiger charge is 2.29. The zero-order chi connectivity index (χ0) is 14.6. The number of pyridine rings is 1. The minimum atomic E-state index is -3.56. The fourth-order valence-corrected chi connectivity index (χ4v) is 4.05. The molecule has 112 valence electrons. The Kier molecular flexibility index (Phi) is 4.65. The Morgan fingerprint density at radius 2 is 2.00 bits per heavy atom. The number of hydrogen-bond acceptors (Lipinski definition) is 4. The molecular formula is C14H23N3O2S. The minimum Gasteiger partial charge on any atom is -0.386 e. The molecule has 0 bridgehead atoms. The number of sulfonamides is 1. The Hall–Kier alpha value is -1.14. The van der Waals surface area contributed by atoms with E-state index in [1.165, 1.54) is 25.5 Å². The maximum absolute atomic E-state index is 12.4. The molecule has 20 heavy (non-hydrogen) atoms. The van der Waals surface area contributed by atoms with E-state index in [4.69, 9.17) is 0 Å². The van der Waals surface area contributed by atoms with Gasteiger partial charge in [0.2, 0.25) is 0 Å². The highest BCUT2D eigenvalue weighted by molar-refractivity contribution is 7.89. The average Bonchev–Trinajstić information content (AvgIpc) is 2.46. The van der Waals surface area contributed by atoms with Gasteiger partial charge in [-0.25, -0.2) is 18.1 Å². The smallest absolute Gasteiger partial charge is 0.260 e. The van der Waals surface area contributed by atoms with E-state index in [9.17, 15) is 8.42 Å². The number of rotatable bonds is 5. The van der Waals surface area contributed by atoms with Crippen molar-refractivity contribution in [1.82, 2.24) is 9.71 Å². The van der Waals surface area contributed by atoms with E-state index < -0.39 is 10.0 Å². The molecule has 0 amide bonds. The molecule has 6 heteroatoms. The Labute approximate surface area is 121 Å². The number of anilines is 1. The molecule has 1 heterocycles. The molecule has 2 N–H and O–H groups in total. The zero-order valence-electron chi connectivity index (χ0n) is 12.1. The molecule has 0 aliphatic heterocycles. The van der Waals surface area contributed by atoms with Crippen molar-refractivity contribution in [3.63, 3.8) is 0 Å². The van der Waals surface area contributed by atoms with Gasteiger partial charge in [-0.1, -0.05) is 26.2 Å². The van der Waals surface area contributed by atoms with Gasteiger partial charge in [-0.15, -0.1) is 0 Å². The van der Waals surface area contributed by atoms with Gasteiger partial charge in [0.15, 0.2) is 5.03 Å². The molecule has 1 aliphatic rings. The third-order valence-corrected chi connectivity index (χ3v) is 5.40. The van der Waals surface area contributed by atoms with Crippen LogP contribution >= 0.6 is 0 Å². The van der Waals surface area contributed by atoms with Crippen molar-refractivity contribution >= 4 is 15.7 Å². The summed E-state index contributed by atoms with van der Waals surface area (Å²) in [4.78, 5) is 3.99. The van der Waals surface area contributed by atoms with E-state index in [1.807, 2.05) is 0 Å². The topological polar surface area (TPSA) is 71.1 Å². The predicted molar refractivity (Wildman–Crippen MR) is 80.2 cm³/mol. The summed E-state index contributed by atoms with van der Waals surface area (Å²) < 4.78 is 27.5. The summed E-state index contributed by atoms with van der Waals surface area (Å²) in [6, 6.07) is 3.43. The quantitative estimate of drug-likeness (QED) is 0.875. The average molecular weight is 297 g/mol. The fourth-order valence-electron chi connectivity index (χ4n) is 2.71. The van der Waals surface area contributed by atoms with Gasteiger partial charge >= 0.3 is 0 Å². The number of hydrogen-bond donors (Lipinski definition) is 2. The molecule has 5 nitrogen and oxygen atoms in total. The van der Waals surface area contributed by atoms with Crippen LogP contribution in [0.25, 0.3) is 0 Å². The first-order valence-electron chi connectivity index (χ1n) is 7.09. The van der Waals surface area contributed by atoms with Crippen LogP contribution in [-0.4, -0.2) is 27.0 Å². The number of nitrogens with one attached hydrogen (secondary N) is 2. The summed E-state index contributed by atoms with van der Waals surface area (Å²) in [6.07, 6.45) is 7.28. The molecule has 1 aromatic rings. The Morgan fingerprint density at radius 3 is 2.65 bits per heavy atom. The maximum Gasteiger partial charge on any atom is 0.260 e. The second kappa shape index (κ2) is 6.10. The standard InChI is InChI=1S/C14H23N3O2S/c1-14(8-4-3-5-9-14)11-17-20(18,19)13-12(15-2)7-6-10-16-13/h6-7,10,15,17H,3-5,8-9,11H2,1-2H3. The summed E-state index contributed by atoms with van der Waals surface area (Å²) in [5.41, 5.74) is 0.591. The van der Waals surface area contributed by atoms with Crippen LogP contribution in [0.4, 0.5) is 5.69 Å². The molecule has 0 spiro atoms. The van der Waals surface area contributed by atoms with Crippen molar-refractivity contribution in [3.8, 4) is 0 Å². The van der Waals surface area contributed by atoms with Crippen LogP contribution in [-0.2, 0) is 10.0 Å². The molecule has 0 atom stereocenters. The summed E-state index contributed by atoms with van der Waals surface area (Å²) in [5.74, 6) is 0. The van der Waals surface area contributed by atoms with Crippen LogP contribution in [0, 0.1) is 5.41 Å². The Morgan fingerprint density at radius 1 is 1.30 bits per heavy atom. The van der Waals surface area contributed by atoms with E-state index >= 15 is 0 Å². The molecule has 0 saturated heterocycles. The van der Waals surface area contributed by atoms with Crippen molar-refractivity contribution in [2.45, 2.75) is 44.1 Å². The fraction of sp³-hybridized carbons (Fsp3) is 0.643. The van der Waals surface area contributed by atoms with Gasteiger partial charge in [0, 0.05) is 19.8 Å². The predicted octanol–water partition coefficient (Wildman–Crippen LogP) is 2.37.